The van der Waals surface area contributed by atoms with Gasteiger partial charge in [0.25, 0.3) is 0 Å². The Bertz CT molecular complexity index is 250. The lowest BCUT2D eigenvalue weighted by molar-refractivity contribution is -0.121. The molecule has 0 aliphatic carbocycles. The molecule has 2 atom stereocenters. The maximum atomic E-state index is 11.7. The van der Waals surface area contributed by atoms with E-state index in [1.165, 1.54) is 32.4 Å². The fourth-order valence-corrected chi connectivity index (χ4v) is 2.61. The SMILES string of the molecule is CC(N)CCCC(=O)NCC(C)CN1CCCCC1. The number of nitrogens with one attached hydrogen (secondary N) is 1. The van der Waals surface area contributed by atoms with Crippen molar-refractivity contribution in [2.24, 2.45) is 11.7 Å². The van der Waals surface area contributed by atoms with Crippen LogP contribution in [0, 0.1) is 5.92 Å². The van der Waals surface area contributed by atoms with E-state index in [1.54, 1.807) is 0 Å². The van der Waals surface area contributed by atoms with Gasteiger partial charge in [0.15, 0.2) is 0 Å². The maximum Gasteiger partial charge on any atom is 0.220 e. The Labute approximate surface area is 118 Å². The number of likely N-dealkylation sites (tertiary alicyclic amines) is 1. The summed E-state index contributed by atoms with van der Waals surface area (Å²) < 4.78 is 0. The van der Waals surface area contributed by atoms with E-state index in [0.29, 0.717) is 12.3 Å². The molecule has 1 aliphatic rings. The van der Waals surface area contributed by atoms with E-state index in [2.05, 4.69) is 17.1 Å². The van der Waals surface area contributed by atoms with Crippen molar-refractivity contribution in [3.63, 3.8) is 0 Å². The smallest absolute Gasteiger partial charge is 0.220 e. The average Bonchev–Trinajstić information content (AvgIpc) is 2.37. The lowest BCUT2D eigenvalue weighted by atomic mass is 10.1. The number of nitrogens with two attached hydrogens (primary N) is 1. The normalized spacial score (nSPS) is 19.9. The third-order valence-corrected chi connectivity index (χ3v) is 3.73. The number of nitrogens with zero attached hydrogens (tertiary/aromatic N) is 1. The van der Waals surface area contributed by atoms with E-state index in [9.17, 15) is 4.79 Å². The zero-order chi connectivity index (χ0) is 14.1. The van der Waals surface area contributed by atoms with Crippen LogP contribution in [0.4, 0.5) is 0 Å². The van der Waals surface area contributed by atoms with E-state index in [0.717, 1.165) is 25.9 Å². The molecule has 0 aromatic rings. The number of amides is 1. The first-order valence-corrected chi connectivity index (χ1v) is 7.82. The number of hydrogen-bond donors (Lipinski definition) is 2. The van der Waals surface area contributed by atoms with Crippen molar-refractivity contribution in [1.82, 2.24) is 10.2 Å². The van der Waals surface area contributed by atoms with Crippen LogP contribution < -0.4 is 11.1 Å². The Balaban J connectivity index is 2.04. The topological polar surface area (TPSA) is 58.4 Å². The average molecular weight is 269 g/mol. The highest BCUT2D eigenvalue weighted by molar-refractivity contribution is 5.75. The van der Waals surface area contributed by atoms with Crippen LogP contribution in [-0.4, -0.2) is 43.0 Å². The van der Waals surface area contributed by atoms with Gasteiger partial charge in [-0.25, -0.2) is 0 Å². The van der Waals surface area contributed by atoms with Crippen LogP contribution in [0.25, 0.3) is 0 Å². The van der Waals surface area contributed by atoms with Crippen molar-refractivity contribution in [3.05, 3.63) is 0 Å². The zero-order valence-corrected chi connectivity index (χ0v) is 12.7. The molecule has 4 heteroatoms. The lowest BCUT2D eigenvalue weighted by Crippen LogP contribution is -2.38. The van der Waals surface area contributed by atoms with Gasteiger partial charge in [0.2, 0.25) is 5.91 Å². The number of carbonyl (C=O) groups is 1. The van der Waals surface area contributed by atoms with Crippen LogP contribution in [0.5, 0.6) is 0 Å². The van der Waals surface area contributed by atoms with Crippen molar-refractivity contribution in [1.29, 1.82) is 0 Å². The second-order valence-corrected chi connectivity index (χ2v) is 6.14. The molecule has 0 bridgehead atoms. The van der Waals surface area contributed by atoms with Crippen LogP contribution in [0.15, 0.2) is 0 Å². The first-order chi connectivity index (χ1) is 9.08. The predicted octanol–water partition coefficient (Wildman–Crippen LogP) is 1.74. The Kier molecular flexibility index (Phi) is 8.07. The molecule has 4 nitrogen and oxygen atoms in total. The highest BCUT2D eigenvalue weighted by Crippen LogP contribution is 2.10. The summed E-state index contributed by atoms with van der Waals surface area (Å²) in [4.78, 5) is 14.2. The van der Waals surface area contributed by atoms with Gasteiger partial charge in [0.1, 0.15) is 0 Å². The minimum atomic E-state index is 0.172. The summed E-state index contributed by atoms with van der Waals surface area (Å²) in [5.41, 5.74) is 5.67. The van der Waals surface area contributed by atoms with Crippen LogP contribution in [-0.2, 0) is 4.79 Å². The largest absolute Gasteiger partial charge is 0.356 e. The fraction of sp³-hybridized carbons (Fsp3) is 0.933. The molecular formula is C15H31N3O. The number of carbonyl (C=O) groups excluding carboxylic acids is 1. The summed E-state index contributed by atoms with van der Waals surface area (Å²) in [7, 11) is 0. The standard InChI is InChI=1S/C15H31N3O/c1-13(12-18-9-4-3-5-10-18)11-17-15(19)8-6-7-14(2)16/h13-14H,3-12,16H2,1-2H3,(H,17,19). The Morgan fingerprint density at radius 1 is 1.26 bits per heavy atom. The van der Waals surface area contributed by atoms with E-state index in [-0.39, 0.29) is 11.9 Å². The van der Waals surface area contributed by atoms with Crippen LogP contribution in [0.3, 0.4) is 0 Å². The molecule has 1 fully saturated rings. The van der Waals surface area contributed by atoms with Crippen LogP contribution >= 0.6 is 0 Å². The molecule has 0 radical (unpaired) electrons. The molecule has 0 aromatic carbocycles. The second kappa shape index (κ2) is 9.32. The number of hydrogen-bond acceptors (Lipinski definition) is 3. The van der Waals surface area contributed by atoms with Gasteiger partial charge in [-0.05, 0) is 51.6 Å². The van der Waals surface area contributed by atoms with Gasteiger partial charge in [-0.3, -0.25) is 4.79 Å². The van der Waals surface area contributed by atoms with Gasteiger partial charge in [-0.15, -0.1) is 0 Å². The number of piperidine rings is 1. The van der Waals surface area contributed by atoms with Crippen molar-refractivity contribution in [3.8, 4) is 0 Å². The molecular weight excluding hydrogens is 238 g/mol. The minimum absolute atomic E-state index is 0.172. The van der Waals surface area contributed by atoms with Crippen molar-refractivity contribution in [2.75, 3.05) is 26.2 Å². The molecule has 0 spiro atoms. The van der Waals surface area contributed by atoms with E-state index >= 15 is 0 Å². The molecule has 1 aliphatic heterocycles. The molecule has 1 saturated heterocycles. The van der Waals surface area contributed by atoms with E-state index in [4.69, 9.17) is 5.73 Å². The first kappa shape index (κ1) is 16.4. The number of rotatable bonds is 8. The van der Waals surface area contributed by atoms with Gasteiger partial charge in [0.05, 0.1) is 0 Å². The summed E-state index contributed by atoms with van der Waals surface area (Å²) in [6, 6.07) is 0.200. The molecule has 0 aromatic heterocycles. The molecule has 1 amide bonds. The summed E-state index contributed by atoms with van der Waals surface area (Å²) in [6.07, 6.45) is 6.46. The third kappa shape index (κ3) is 8.22. The quantitative estimate of drug-likeness (QED) is 0.706. The van der Waals surface area contributed by atoms with E-state index in [1.807, 2.05) is 6.92 Å². The summed E-state index contributed by atoms with van der Waals surface area (Å²) in [6.45, 7) is 8.57. The zero-order valence-electron chi connectivity index (χ0n) is 12.7. The predicted molar refractivity (Wildman–Crippen MR) is 80.0 cm³/mol. The van der Waals surface area contributed by atoms with Gasteiger partial charge in [-0.2, -0.15) is 0 Å². The summed E-state index contributed by atoms with van der Waals surface area (Å²) in [5.74, 6) is 0.710. The monoisotopic (exact) mass is 269 g/mol. The molecule has 112 valence electrons. The molecule has 1 heterocycles. The van der Waals surface area contributed by atoms with Crippen LogP contribution in [0.2, 0.25) is 0 Å². The fourth-order valence-electron chi connectivity index (χ4n) is 2.61. The highest BCUT2D eigenvalue weighted by atomic mass is 16.1. The van der Waals surface area contributed by atoms with E-state index < -0.39 is 0 Å². The molecule has 0 saturated carbocycles. The lowest BCUT2D eigenvalue weighted by Gasteiger charge is -2.29. The van der Waals surface area contributed by atoms with Gasteiger partial charge < -0.3 is 16.0 Å². The third-order valence-electron chi connectivity index (χ3n) is 3.73. The maximum absolute atomic E-state index is 11.7. The Hall–Kier alpha value is -0.610. The molecule has 1 rings (SSSR count). The van der Waals surface area contributed by atoms with Gasteiger partial charge in [0, 0.05) is 25.6 Å². The second-order valence-electron chi connectivity index (χ2n) is 6.14. The Morgan fingerprint density at radius 2 is 1.95 bits per heavy atom. The first-order valence-electron chi connectivity index (χ1n) is 7.82. The van der Waals surface area contributed by atoms with Crippen molar-refractivity contribution < 1.29 is 4.79 Å². The highest BCUT2D eigenvalue weighted by Gasteiger charge is 2.13. The van der Waals surface area contributed by atoms with Crippen molar-refractivity contribution in [2.45, 2.75) is 58.4 Å². The Morgan fingerprint density at radius 3 is 2.58 bits per heavy atom. The molecule has 3 N–H and O–H groups in total. The van der Waals surface area contributed by atoms with Crippen molar-refractivity contribution >= 4 is 5.91 Å². The summed E-state index contributed by atoms with van der Waals surface area (Å²) in [5, 5.41) is 3.04. The summed E-state index contributed by atoms with van der Waals surface area (Å²) >= 11 is 0. The van der Waals surface area contributed by atoms with Gasteiger partial charge >= 0.3 is 0 Å². The van der Waals surface area contributed by atoms with Crippen LogP contribution in [0.1, 0.15) is 52.4 Å². The molecule has 2 unspecified atom stereocenters. The minimum Gasteiger partial charge on any atom is -0.356 e. The molecule has 19 heavy (non-hydrogen) atoms. The van der Waals surface area contributed by atoms with Gasteiger partial charge in [-0.1, -0.05) is 13.3 Å².